The van der Waals surface area contributed by atoms with Crippen LogP contribution in [0.3, 0.4) is 0 Å². The van der Waals surface area contributed by atoms with E-state index >= 15 is 0 Å². The summed E-state index contributed by atoms with van der Waals surface area (Å²) in [7, 11) is 1.60. The van der Waals surface area contributed by atoms with Crippen LogP contribution in [0.4, 0.5) is 13.2 Å². The number of ether oxygens (including phenoxy) is 2. The molecular formula is C28H28F3NO4S. The van der Waals surface area contributed by atoms with Crippen molar-refractivity contribution >= 4 is 21.4 Å². The van der Waals surface area contributed by atoms with Gasteiger partial charge in [-0.1, -0.05) is 30.3 Å². The third-order valence-electron chi connectivity index (χ3n) is 6.20. The molecule has 0 fully saturated rings. The van der Waals surface area contributed by atoms with Gasteiger partial charge in [-0.2, -0.15) is 13.2 Å². The zero-order chi connectivity index (χ0) is 26.7. The Bertz CT molecular complexity index is 1380. The molecular weight excluding hydrogens is 503 g/mol. The first-order chi connectivity index (χ1) is 17.6. The molecule has 37 heavy (non-hydrogen) atoms. The number of thiophene rings is 1. The third kappa shape index (κ3) is 6.07. The minimum Gasteiger partial charge on any atom is -0.497 e. The van der Waals surface area contributed by atoms with Gasteiger partial charge in [-0.05, 0) is 71.8 Å². The number of fused-ring (bicyclic) bond motifs is 1. The van der Waals surface area contributed by atoms with Crippen molar-refractivity contribution in [1.29, 1.82) is 0 Å². The van der Waals surface area contributed by atoms with Crippen molar-refractivity contribution in [3.8, 4) is 22.6 Å². The maximum Gasteiger partial charge on any atom is 0.416 e. The second kappa shape index (κ2) is 11.1. The molecule has 5 nitrogen and oxygen atoms in total. The summed E-state index contributed by atoms with van der Waals surface area (Å²) in [5.41, 5.74) is 1.81. The topological polar surface area (TPSA) is 71.0 Å². The Labute approximate surface area is 217 Å². The van der Waals surface area contributed by atoms with E-state index in [-0.39, 0.29) is 18.4 Å². The van der Waals surface area contributed by atoms with Crippen molar-refractivity contribution in [3.63, 3.8) is 0 Å². The van der Waals surface area contributed by atoms with Crippen LogP contribution in [0.15, 0.2) is 60.7 Å². The van der Waals surface area contributed by atoms with Crippen LogP contribution in [0.2, 0.25) is 0 Å². The number of aliphatic hydroxyl groups excluding tert-OH is 1. The van der Waals surface area contributed by atoms with E-state index in [0.29, 0.717) is 32.8 Å². The summed E-state index contributed by atoms with van der Waals surface area (Å²) in [6, 6.07) is 16.6. The van der Waals surface area contributed by atoms with Gasteiger partial charge in [0, 0.05) is 17.3 Å². The molecule has 0 saturated heterocycles. The van der Waals surface area contributed by atoms with Gasteiger partial charge in [0.15, 0.2) is 6.29 Å². The van der Waals surface area contributed by atoms with Crippen LogP contribution in [0.5, 0.6) is 11.5 Å². The number of benzene rings is 3. The number of aliphatic hydroxyl groups is 2. The minimum absolute atomic E-state index is 0.00786. The van der Waals surface area contributed by atoms with Crippen molar-refractivity contribution < 1.29 is 32.9 Å². The Hall–Kier alpha value is -3.11. The number of halogens is 3. The molecule has 0 saturated carbocycles. The van der Waals surface area contributed by atoms with Gasteiger partial charge < -0.3 is 25.0 Å². The molecule has 1 unspecified atom stereocenters. The van der Waals surface area contributed by atoms with Crippen molar-refractivity contribution in [2.75, 3.05) is 20.3 Å². The summed E-state index contributed by atoms with van der Waals surface area (Å²) in [5.74, 6) is 0.851. The normalized spacial score (nSPS) is 12.8. The number of aryl methyl sites for hydroxylation is 1. The van der Waals surface area contributed by atoms with E-state index in [9.17, 15) is 23.4 Å². The maximum atomic E-state index is 13.8. The Morgan fingerprint density at radius 3 is 2.46 bits per heavy atom. The Balaban J connectivity index is 1.57. The molecule has 0 bridgehead atoms. The first kappa shape index (κ1) is 26.9. The predicted molar refractivity (Wildman–Crippen MR) is 139 cm³/mol. The van der Waals surface area contributed by atoms with E-state index in [2.05, 4.69) is 5.32 Å². The van der Waals surface area contributed by atoms with Gasteiger partial charge >= 0.3 is 6.18 Å². The maximum absolute atomic E-state index is 13.8. The van der Waals surface area contributed by atoms with Crippen LogP contribution in [0, 0.1) is 6.92 Å². The lowest BCUT2D eigenvalue weighted by atomic mass is 10.00. The molecule has 0 aliphatic rings. The second-order valence-electron chi connectivity index (χ2n) is 8.69. The molecule has 0 aliphatic carbocycles. The van der Waals surface area contributed by atoms with Crippen LogP contribution < -0.4 is 14.8 Å². The molecule has 1 atom stereocenters. The highest BCUT2D eigenvalue weighted by Crippen LogP contribution is 2.42. The molecule has 0 aliphatic heterocycles. The zero-order valence-corrected chi connectivity index (χ0v) is 21.4. The molecule has 3 N–H and O–H groups in total. The summed E-state index contributed by atoms with van der Waals surface area (Å²) >= 11 is 1.16. The van der Waals surface area contributed by atoms with E-state index < -0.39 is 18.0 Å². The quantitative estimate of drug-likeness (QED) is 0.167. The SMILES string of the molecule is COc1cccc(C(C)NCCOc2cc(-c3cccc4c(C)c(C(O)O)sc34)cc(C(F)(F)F)c2)c1. The number of methoxy groups -OCH3 is 1. The van der Waals surface area contributed by atoms with Crippen LogP contribution in [-0.2, 0) is 6.18 Å². The summed E-state index contributed by atoms with van der Waals surface area (Å²) in [5, 5.41) is 23.5. The molecule has 0 amide bonds. The van der Waals surface area contributed by atoms with Gasteiger partial charge in [0.1, 0.15) is 18.1 Å². The molecule has 3 aromatic carbocycles. The number of nitrogens with one attached hydrogen (secondary N) is 1. The van der Waals surface area contributed by atoms with Gasteiger partial charge in [-0.15, -0.1) is 11.3 Å². The first-order valence-electron chi connectivity index (χ1n) is 11.7. The molecule has 4 rings (SSSR count). The summed E-state index contributed by atoms with van der Waals surface area (Å²) in [6.45, 7) is 4.33. The minimum atomic E-state index is -4.56. The first-order valence-corrected chi connectivity index (χ1v) is 12.5. The molecule has 1 heterocycles. The van der Waals surface area contributed by atoms with Gasteiger partial charge in [0.05, 0.1) is 17.6 Å². The smallest absolute Gasteiger partial charge is 0.416 e. The van der Waals surface area contributed by atoms with Crippen molar-refractivity contribution in [2.24, 2.45) is 0 Å². The lowest BCUT2D eigenvalue weighted by Crippen LogP contribution is -2.24. The van der Waals surface area contributed by atoms with E-state index in [1.165, 1.54) is 0 Å². The Kier molecular flexibility index (Phi) is 8.08. The highest BCUT2D eigenvalue weighted by molar-refractivity contribution is 7.20. The summed E-state index contributed by atoms with van der Waals surface area (Å²) < 4.78 is 52.9. The van der Waals surface area contributed by atoms with Crippen molar-refractivity contribution in [2.45, 2.75) is 32.4 Å². The third-order valence-corrected chi connectivity index (χ3v) is 7.58. The average Bonchev–Trinajstić information content (AvgIpc) is 3.22. The fraction of sp³-hybridized carbons (Fsp3) is 0.286. The highest BCUT2D eigenvalue weighted by Gasteiger charge is 2.32. The van der Waals surface area contributed by atoms with E-state index in [1.807, 2.05) is 37.3 Å². The fourth-order valence-corrected chi connectivity index (χ4v) is 5.43. The molecule has 0 spiro atoms. The highest BCUT2D eigenvalue weighted by atomic mass is 32.1. The average molecular weight is 532 g/mol. The molecule has 9 heteroatoms. The Morgan fingerprint density at radius 1 is 1.00 bits per heavy atom. The molecule has 0 radical (unpaired) electrons. The van der Waals surface area contributed by atoms with Gasteiger partial charge in [0.25, 0.3) is 0 Å². The van der Waals surface area contributed by atoms with Crippen LogP contribution in [0.1, 0.15) is 40.8 Å². The summed E-state index contributed by atoms with van der Waals surface area (Å²) in [6.07, 6.45) is -6.21. The van der Waals surface area contributed by atoms with E-state index in [4.69, 9.17) is 9.47 Å². The number of alkyl halides is 3. The lowest BCUT2D eigenvalue weighted by molar-refractivity contribution is -0.137. The lowest BCUT2D eigenvalue weighted by Gasteiger charge is -2.17. The van der Waals surface area contributed by atoms with Crippen molar-refractivity contribution in [1.82, 2.24) is 5.32 Å². The predicted octanol–water partition coefficient (Wildman–Crippen LogP) is 6.62. The van der Waals surface area contributed by atoms with Crippen molar-refractivity contribution in [3.05, 3.63) is 82.2 Å². The molecule has 1 aromatic heterocycles. The van der Waals surface area contributed by atoms with Gasteiger partial charge in [-0.25, -0.2) is 0 Å². The number of rotatable bonds is 9. The van der Waals surface area contributed by atoms with Crippen LogP contribution >= 0.6 is 11.3 Å². The Morgan fingerprint density at radius 2 is 1.76 bits per heavy atom. The fourth-order valence-electron chi connectivity index (χ4n) is 4.21. The number of hydrogen-bond acceptors (Lipinski definition) is 6. The monoisotopic (exact) mass is 531 g/mol. The summed E-state index contributed by atoms with van der Waals surface area (Å²) in [4.78, 5) is 0.363. The second-order valence-corrected chi connectivity index (χ2v) is 9.74. The molecule has 196 valence electrons. The van der Waals surface area contributed by atoms with Gasteiger partial charge in [-0.3, -0.25) is 0 Å². The molecule has 4 aromatic rings. The standard InChI is InChI=1S/C28H28F3NO4S/c1-16-23-8-5-9-24(26(23)37-25(16)27(33)34)19-12-20(28(29,30)31)15-22(14-19)36-11-10-32-17(2)18-6-4-7-21(13-18)35-3/h4-9,12-15,17,27,32-34H,10-11H2,1-3H3. The van der Waals surface area contributed by atoms with Gasteiger partial charge in [0.2, 0.25) is 0 Å². The largest absolute Gasteiger partial charge is 0.497 e. The van der Waals surface area contributed by atoms with E-state index in [0.717, 1.165) is 40.2 Å². The number of hydrogen-bond donors (Lipinski definition) is 3. The van der Waals surface area contributed by atoms with E-state index in [1.54, 1.807) is 32.2 Å². The van der Waals surface area contributed by atoms with Crippen LogP contribution in [-0.4, -0.2) is 30.5 Å². The van der Waals surface area contributed by atoms with Crippen LogP contribution in [0.25, 0.3) is 21.2 Å². The zero-order valence-electron chi connectivity index (χ0n) is 20.6.